The number of amides is 1. The molecule has 0 saturated carbocycles. The lowest BCUT2D eigenvalue weighted by Crippen LogP contribution is -2.20. The molecule has 0 bridgehead atoms. The van der Waals surface area contributed by atoms with Crippen molar-refractivity contribution in [1.29, 1.82) is 0 Å². The van der Waals surface area contributed by atoms with Crippen molar-refractivity contribution in [3.8, 4) is 11.1 Å². The number of hydrogen-bond donors (Lipinski definition) is 1. The van der Waals surface area contributed by atoms with Crippen LogP contribution in [0.2, 0.25) is 0 Å². The van der Waals surface area contributed by atoms with Gasteiger partial charge in [0.2, 0.25) is 11.9 Å². The van der Waals surface area contributed by atoms with Crippen molar-refractivity contribution in [2.75, 3.05) is 7.05 Å². The van der Waals surface area contributed by atoms with Gasteiger partial charge in [-0.15, -0.1) is 0 Å². The predicted octanol–water partition coefficient (Wildman–Crippen LogP) is 2.18. The van der Waals surface area contributed by atoms with Crippen LogP contribution < -0.4 is 5.32 Å². The van der Waals surface area contributed by atoms with Gasteiger partial charge in [-0.25, -0.2) is 4.98 Å². The van der Waals surface area contributed by atoms with Gasteiger partial charge in [0, 0.05) is 18.8 Å². The van der Waals surface area contributed by atoms with E-state index in [1.54, 1.807) is 13.1 Å². The van der Waals surface area contributed by atoms with Gasteiger partial charge in [0.25, 0.3) is 0 Å². The number of benzene rings is 1. The lowest BCUT2D eigenvalue weighted by molar-refractivity contribution is -0.119. The summed E-state index contributed by atoms with van der Waals surface area (Å²) in [6.45, 7) is 0. The van der Waals surface area contributed by atoms with Crippen molar-refractivity contribution in [2.45, 2.75) is 6.42 Å². The second-order valence-electron chi connectivity index (χ2n) is 3.88. The Labute approximate surface area is 105 Å². The Morgan fingerprint density at radius 3 is 2.72 bits per heavy atom. The molecule has 0 unspecified atom stereocenters. The molecule has 3 nitrogen and oxygen atoms in total. The van der Waals surface area contributed by atoms with Crippen LogP contribution in [0.5, 0.6) is 0 Å². The largest absolute Gasteiger partial charge is 0.359 e. The summed E-state index contributed by atoms with van der Waals surface area (Å²) in [4.78, 5) is 15.1. The van der Waals surface area contributed by atoms with E-state index >= 15 is 0 Å². The summed E-state index contributed by atoms with van der Waals surface area (Å²) in [6, 6.07) is 10.5. The maximum absolute atomic E-state index is 12.8. The first-order valence-corrected chi connectivity index (χ1v) is 5.61. The van der Waals surface area contributed by atoms with Crippen LogP contribution >= 0.6 is 0 Å². The molecule has 0 fully saturated rings. The smallest absolute Gasteiger partial charge is 0.224 e. The van der Waals surface area contributed by atoms with Crippen molar-refractivity contribution < 1.29 is 9.18 Å². The lowest BCUT2D eigenvalue weighted by atomic mass is 9.99. The van der Waals surface area contributed by atoms with Crippen LogP contribution in [0.3, 0.4) is 0 Å². The van der Waals surface area contributed by atoms with Crippen molar-refractivity contribution in [3.63, 3.8) is 0 Å². The lowest BCUT2D eigenvalue weighted by Gasteiger charge is -2.08. The Kier molecular flexibility index (Phi) is 3.67. The third-order valence-corrected chi connectivity index (χ3v) is 2.69. The zero-order valence-electron chi connectivity index (χ0n) is 9.98. The number of nitrogens with one attached hydrogen (secondary N) is 1. The number of aromatic nitrogens is 1. The fraction of sp³-hybridized carbons (Fsp3) is 0.143. The molecule has 0 aliphatic carbocycles. The average Bonchev–Trinajstić information content (AvgIpc) is 2.40. The minimum Gasteiger partial charge on any atom is -0.359 e. The van der Waals surface area contributed by atoms with Crippen LogP contribution in [0.25, 0.3) is 11.1 Å². The van der Waals surface area contributed by atoms with E-state index in [1.807, 2.05) is 24.3 Å². The van der Waals surface area contributed by atoms with E-state index in [-0.39, 0.29) is 5.91 Å². The van der Waals surface area contributed by atoms with E-state index in [4.69, 9.17) is 0 Å². The predicted molar refractivity (Wildman–Crippen MR) is 67.4 cm³/mol. The number of nitrogens with zero attached hydrogens (tertiary/aromatic N) is 1. The van der Waals surface area contributed by atoms with Gasteiger partial charge in [-0.1, -0.05) is 24.3 Å². The van der Waals surface area contributed by atoms with E-state index in [0.717, 1.165) is 16.7 Å². The molecule has 18 heavy (non-hydrogen) atoms. The number of carbonyl (C=O) groups is 1. The molecule has 0 atom stereocenters. The highest BCUT2D eigenvalue weighted by atomic mass is 19.1. The fourth-order valence-corrected chi connectivity index (χ4v) is 1.75. The van der Waals surface area contributed by atoms with Crippen LogP contribution in [-0.2, 0) is 11.2 Å². The van der Waals surface area contributed by atoms with Gasteiger partial charge in [-0.2, -0.15) is 4.39 Å². The SMILES string of the molecule is CNC(=O)Cc1ccccc1-c1ccc(F)nc1. The van der Waals surface area contributed by atoms with Gasteiger partial charge < -0.3 is 5.32 Å². The van der Waals surface area contributed by atoms with Crippen LogP contribution in [0, 0.1) is 5.95 Å². The molecule has 0 spiro atoms. The zero-order valence-corrected chi connectivity index (χ0v) is 9.98. The Morgan fingerprint density at radius 1 is 1.28 bits per heavy atom. The fourth-order valence-electron chi connectivity index (χ4n) is 1.75. The maximum Gasteiger partial charge on any atom is 0.224 e. The molecule has 2 aromatic rings. The first-order chi connectivity index (χ1) is 8.70. The van der Waals surface area contributed by atoms with Gasteiger partial charge in [0.1, 0.15) is 0 Å². The molecule has 1 aromatic heterocycles. The van der Waals surface area contributed by atoms with Gasteiger partial charge in [0.15, 0.2) is 0 Å². The first kappa shape index (κ1) is 12.2. The second kappa shape index (κ2) is 5.40. The Balaban J connectivity index is 2.38. The molecule has 0 saturated heterocycles. The average molecular weight is 244 g/mol. The molecular weight excluding hydrogens is 231 g/mol. The van der Waals surface area contributed by atoms with Crippen molar-refractivity contribution in [1.82, 2.24) is 10.3 Å². The van der Waals surface area contributed by atoms with Gasteiger partial charge in [-0.3, -0.25) is 4.79 Å². The van der Waals surface area contributed by atoms with Crippen LogP contribution in [0.15, 0.2) is 42.6 Å². The molecule has 1 N–H and O–H groups in total. The van der Waals surface area contributed by atoms with E-state index in [9.17, 15) is 9.18 Å². The topological polar surface area (TPSA) is 42.0 Å². The normalized spacial score (nSPS) is 10.1. The van der Waals surface area contributed by atoms with Gasteiger partial charge in [-0.05, 0) is 23.3 Å². The maximum atomic E-state index is 12.8. The molecule has 1 heterocycles. The quantitative estimate of drug-likeness (QED) is 0.841. The van der Waals surface area contributed by atoms with Crippen LogP contribution in [0.4, 0.5) is 4.39 Å². The van der Waals surface area contributed by atoms with Gasteiger partial charge in [0.05, 0.1) is 6.42 Å². The highest BCUT2D eigenvalue weighted by Crippen LogP contribution is 2.23. The minimum atomic E-state index is -0.512. The van der Waals surface area contributed by atoms with E-state index in [2.05, 4.69) is 10.3 Å². The summed E-state index contributed by atoms with van der Waals surface area (Å²) in [5.74, 6) is -0.569. The molecule has 1 aromatic carbocycles. The Bertz CT molecular complexity index is 552. The summed E-state index contributed by atoms with van der Waals surface area (Å²) >= 11 is 0. The van der Waals surface area contributed by atoms with Gasteiger partial charge >= 0.3 is 0 Å². The summed E-state index contributed by atoms with van der Waals surface area (Å²) in [5, 5.41) is 2.59. The van der Waals surface area contributed by atoms with Crippen molar-refractivity contribution in [2.24, 2.45) is 0 Å². The number of carbonyl (C=O) groups excluding carboxylic acids is 1. The van der Waals surface area contributed by atoms with E-state index < -0.39 is 5.95 Å². The zero-order chi connectivity index (χ0) is 13.0. The second-order valence-corrected chi connectivity index (χ2v) is 3.88. The highest BCUT2D eigenvalue weighted by molar-refractivity contribution is 5.81. The summed E-state index contributed by atoms with van der Waals surface area (Å²) in [5.41, 5.74) is 2.59. The van der Waals surface area contributed by atoms with E-state index in [0.29, 0.717) is 6.42 Å². The van der Waals surface area contributed by atoms with Crippen molar-refractivity contribution in [3.05, 3.63) is 54.1 Å². The molecule has 1 amide bonds. The van der Waals surface area contributed by atoms with Crippen molar-refractivity contribution >= 4 is 5.91 Å². The van der Waals surface area contributed by atoms with Crippen LogP contribution in [-0.4, -0.2) is 17.9 Å². The molecular formula is C14H13FN2O. The molecule has 4 heteroatoms. The highest BCUT2D eigenvalue weighted by Gasteiger charge is 2.08. The molecule has 92 valence electrons. The monoisotopic (exact) mass is 244 g/mol. The third-order valence-electron chi connectivity index (χ3n) is 2.69. The Hall–Kier alpha value is -2.23. The minimum absolute atomic E-state index is 0.0579. The standard InChI is InChI=1S/C14H13FN2O/c1-16-14(18)8-10-4-2-3-5-12(10)11-6-7-13(15)17-9-11/h2-7,9H,8H2,1H3,(H,16,18). The first-order valence-electron chi connectivity index (χ1n) is 5.61. The van der Waals surface area contributed by atoms with Crippen LogP contribution in [0.1, 0.15) is 5.56 Å². The summed E-state index contributed by atoms with van der Waals surface area (Å²) in [7, 11) is 1.60. The molecule has 0 aliphatic rings. The van der Waals surface area contributed by atoms with E-state index in [1.165, 1.54) is 12.3 Å². The molecule has 2 rings (SSSR count). The summed E-state index contributed by atoms with van der Waals surface area (Å²) < 4.78 is 12.8. The Morgan fingerprint density at radius 2 is 2.06 bits per heavy atom. The number of halogens is 1. The third kappa shape index (κ3) is 2.71. The molecule has 0 aliphatic heterocycles. The summed E-state index contributed by atoms with van der Waals surface area (Å²) in [6.07, 6.45) is 1.77. The number of rotatable bonds is 3. The number of likely N-dealkylation sites (N-methyl/N-ethyl adjacent to an activating group) is 1. The number of hydrogen-bond acceptors (Lipinski definition) is 2. The molecule has 0 radical (unpaired) electrons. The number of pyridine rings is 1.